The Balaban J connectivity index is 2.52. The molecule has 2 nitrogen and oxygen atoms in total. The molecule has 2 atom stereocenters. The van der Waals surface area contributed by atoms with Crippen molar-refractivity contribution in [1.82, 2.24) is 4.90 Å². The van der Waals surface area contributed by atoms with Crippen LogP contribution in [0.2, 0.25) is 0 Å². The second-order valence-corrected chi connectivity index (χ2v) is 6.10. The van der Waals surface area contributed by atoms with Crippen molar-refractivity contribution in [3.63, 3.8) is 0 Å². The molecule has 1 aliphatic rings. The molecule has 0 bridgehead atoms. The van der Waals surface area contributed by atoms with Crippen molar-refractivity contribution >= 4 is 33.6 Å². The first-order chi connectivity index (χ1) is 6.11. The maximum absolute atomic E-state index is 11.7. The standard InChI is InChI=1S/C9H16BrNOS/c1-7-5-11(3-4-13-6-7)9(12)8(2)10/h7-8H,3-6H2,1-2H3. The van der Waals surface area contributed by atoms with E-state index in [9.17, 15) is 4.79 Å². The largest absolute Gasteiger partial charge is 0.341 e. The number of halogens is 1. The van der Waals surface area contributed by atoms with Crippen molar-refractivity contribution < 1.29 is 4.79 Å². The van der Waals surface area contributed by atoms with Gasteiger partial charge in [0.2, 0.25) is 5.91 Å². The van der Waals surface area contributed by atoms with Crippen molar-refractivity contribution in [3.05, 3.63) is 0 Å². The first-order valence-electron chi connectivity index (χ1n) is 4.62. The molecular formula is C9H16BrNOS. The van der Waals surface area contributed by atoms with Gasteiger partial charge in [0.1, 0.15) is 0 Å². The maximum atomic E-state index is 11.7. The Morgan fingerprint density at radius 3 is 3.00 bits per heavy atom. The van der Waals surface area contributed by atoms with Crippen molar-refractivity contribution in [2.75, 3.05) is 24.6 Å². The number of thioether (sulfide) groups is 1. The summed E-state index contributed by atoms with van der Waals surface area (Å²) in [6.45, 7) is 5.92. The van der Waals surface area contributed by atoms with Gasteiger partial charge in [0.25, 0.3) is 0 Å². The quantitative estimate of drug-likeness (QED) is 0.676. The van der Waals surface area contributed by atoms with Crippen molar-refractivity contribution in [2.45, 2.75) is 18.7 Å². The van der Waals surface area contributed by atoms with E-state index in [2.05, 4.69) is 22.9 Å². The van der Waals surface area contributed by atoms with Crippen LogP contribution in [0.4, 0.5) is 0 Å². The monoisotopic (exact) mass is 265 g/mol. The molecule has 0 aliphatic carbocycles. The van der Waals surface area contributed by atoms with Crippen LogP contribution >= 0.6 is 27.7 Å². The molecule has 1 heterocycles. The summed E-state index contributed by atoms with van der Waals surface area (Å²) in [4.78, 5) is 13.6. The Hall–Kier alpha value is 0.300. The van der Waals surface area contributed by atoms with Crippen molar-refractivity contribution in [3.8, 4) is 0 Å². The summed E-state index contributed by atoms with van der Waals surface area (Å²) in [7, 11) is 0. The van der Waals surface area contributed by atoms with Gasteiger partial charge in [0, 0.05) is 18.8 Å². The van der Waals surface area contributed by atoms with Gasteiger partial charge >= 0.3 is 0 Å². The van der Waals surface area contributed by atoms with Crippen LogP contribution in [0.5, 0.6) is 0 Å². The van der Waals surface area contributed by atoms with E-state index < -0.39 is 0 Å². The molecule has 0 aromatic carbocycles. The fourth-order valence-corrected chi connectivity index (χ4v) is 2.74. The molecular weight excluding hydrogens is 250 g/mol. The molecule has 1 amide bonds. The van der Waals surface area contributed by atoms with Crippen LogP contribution in [0.25, 0.3) is 0 Å². The van der Waals surface area contributed by atoms with Gasteiger partial charge in [-0.1, -0.05) is 22.9 Å². The fraction of sp³-hybridized carbons (Fsp3) is 0.889. The summed E-state index contributed by atoms with van der Waals surface area (Å²) < 4.78 is 0. The Kier molecular flexibility index (Phi) is 4.59. The van der Waals surface area contributed by atoms with E-state index in [0.717, 1.165) is 18.8 Å². The average Bonchev–Trinajstić information content (AvgIpc) is 2.28. The summed E-state index contributed by atoms with van der Waals surface area (Å²) in [5.74, 6) is 3.12. The zero-order chi connectivity index (χ0) is 9.84. The molecule has 1 fully saturated rings. The van der Waals surface area contributed by atoms with Crippen LogP contribution in [-0.2, 0) is 4.79 Å². The van der Waals surface area contributed by atoms with Crippen molar-refractivity contribution in [2.24, 2.45) is 5.92 Å². The van der Waals surface area contributed by atoms with Crippen LogP contribution in [0.3, 0.4) is 0 Å². The maximum Gasteiger partial charge on any atom is 0.236 e. The van der Waals surface area contributed by atoms with Gasteiger partial charge in [-0.15, -0.1) is 0 Å². The predicted molar refractivity (Wildman–Crippen MR) is 61.5 cm³/mol. The van der Waals surface area contributed by atoms with Crippen LogP contribution in [-0.4, -0.2) is 40.2 Å². The lowest BCUT2D eigenvalue weighted by Gasteiger charge is -2.23. The Morgan fingerprint density at radius 1 is 1.69 bits per heavy atom. The molecule has 1 aliphatic heterocycles. The molecule has 0 aromatic heterocycles. The molecule has 0 N–H and O–H groups in total. The molecule has 4 heteroatoms. The zero-order valence-corrected chi connectivity index (χ0v) is 10.5. The second-order valence-electron chi connectivity index (χ2n) is 3.58. The highest BCUT2D eigenvalue weighted by Gasteiger charge is 2.22. The topological polar surface area (TPSA) is 20.3 Å². The number of amides is 1. The van der Waals surface area contributed by atoms with Crippen LogP contribution in [0, 0.1) is 5.92 Å². The number of alkyl halides is 1. The van der Waals surface area contributed by atoms with Crippen LogP contribution in [0.1, 0.15) is 13.8 Å². The summed E-state index contributed by atoms with van der Waals surface area (Å²) in [5.41, 5.74) is 0. The molecule has 2 unspecified atom stereocenters. The Bertz CT molecular complexity index is 186. The minimum atomic E-state index is -0.0391. The third-order valence-corrected chi connectivity index (χ3v) is 3.76. The number of hydrogen-bond donors (Lipinski definition) is 0. The molecule has 0 aromatic rings. The van der Waals surface area contributed by atoms with Crippen molar-refractivity contribution in [1.29, 1.82) is 0 Å². The first kappa shape index (κ1) is 11.4. The van der Waals surface area contributed by atoms with Gasteiger partial charge in [-0.25, -0.2) is 0 Å². The number of carbonyl (C=O) groups is 1. The predicted octanol–water partition coefficient (Wildman–Crippen LogP) is 1.98. The van der Waals surface area contributed by atoms with Crippen LogP contribution in [0.15, 0.2) is 0 Å². The Labute approximate surface area is 92.6 Å². The Morgan fingerprint density at radius 2 is 2.38 bits per heavy atom. The van der Waals surface area contributed by atoms with Gasteiger partial charge < -0.3 is 4.90 Å². The fourth-order valence-electron chi connectivity index (χ4n) is 1.43. The number of carbonyl (C=O) groups excluding carboxylic acids is 1. The molecule has 76 valence electrons. The molecule has 0 radical (unpaired) electrons. The highest BCUT2D eigenvalue weighted by Crippen LogP contribution is 2.17. The van der Waals surface area contributed by atoms with Gasteiger partial charge in [-0.2, -0.15) is 11.8 Å². The van der Waals surface area contributed by atoms with Gasteiger partial charge in [-0.05, 0) is 18.6 Å². The lowest BCUT2D eigenvalue weighted by atomic mass is 10.2. The normalized spacial score (nSPS) is 26.7. The number of rotatable bonds is 1. The molecule has 1 rings (SSSR count). The summed E-state index contributed by atoms with van der Waals surface area (Å²) in [6.07, 6.45) is 0. The first-order valence-corrected chi connectivity index (χ1v) is 6.69. The van der Waals surface area contributed by atoms with Gasteiger partial charge in [0.05, 0.1) is 4.83 Å². The lowest BCUT2D eigenvalue weighted by molar-refractivity contribution is -0.130. The lowest BCUT2D eigenvalue weighted by Crippen LogP contribution is -2.38. The average molecular weight is 266 g/mol. The van der Waals surface area contributed by atoms with E-state index in [-0.39, 0.29) is 10.7 Å². The smallest absolute Gasteiger partial charge is 0.236 e. The summed E-state index contributed by atoms with van der Waals surface area (Å²) in [5, 5.41) is 0. The third kappa shape index (κ3) is 3.50. The molecule has 1 saturated heterocycles. The van der Waals surface area contributed by atoms with E-state index in [1.165, 1.54) is 5.75 Å². The number of hydrogen-bond acceptors (Lipinski definition) is 2. The third-order valence-electron chi connectivity index (χ3n) is 2.09. The minimum absolute atomic E-state index is 0.0391. The molecule has 0 saturated carbocycles. The van der Waals surface area contributed by atoms with Gasteiger partial charge in [-0.3, -0.25) is 4.79 Å². The summed E-state index contributed by atoms with van der Waals surface area (Å²) in [6, 6.07) is 0. The van der Waals surface area contributed by atoms with E-state index >= 15 is 0 Å². The van der Waals surface area contributed by atoms with E-state index in [4.69, 9.17) is 0 Å². The SMILES string of the molecule is CC1CSCCN(C(=O)C(C)Br)C1. The highest BCUT2D eigenvalue weighted by molar-refractivity contribution is 9.10. The molecule has 13 heavy (non-hydrogen) atoms. The zero-order valence-electron chi connectivity index (χ0n) is 8.12. The van der Waals surface area contributed by atoms with Gasteiger partial charge in [0.15, 0.2) is 0 Å². The second kappa shape index (κ2) is 5.25. The summed E-state index contributed by atoms with van der Waals surface area (Å²) >= 11 is 5.27. The van der Waals surface area contributed by atoms with E-state index in [1.54, 1.807) is 0 Å². The molecule has 0 spiro atoms. The van der Waals surface area contributed by atoms with E-state index in [1.807, 2.05) is 23.6 Å². The highest BCUT2D eigenvalue weighted by atomic mass is 79.9. The van der Waals surface area contributed by atoms with E-state index in [0.29, 0.717) is 5.92 Å². The van der Waals surface area contributed by atoms with Crippen LogP contribution < -0.4 is 0 Å². The number of nitrogens with zero attached hydrogens (tertiary/aromatic N) is 1. The minimum Gasteiger partial charge on any atom is -0.341 e.